The van der Waals surface area contributed by atoms with Crippen LogP contribution >= 0.6 is 11.6 Å². The molecule has 1 atom stereocenters. The maximum Gasteiger partial charge on any atom is 0.301 e. The van der Waals surface area contributed by atoms with Crippen LogP contribution in [0.2, 0.25) is 5.02 Å². The first kappa shape index (κ1) is 29.7. The zero-order valence-corrected chi connectivity index (χ0v) is 25.0. The van der Waals surface area contributed by atoms with Crippen molar-refractivity contribution in [2.24, 2.45) is 0 Å². The van der Waals surface area contributed by atoms with Crippen molar-refractivity contribution in [3.8, 4) is 16.9 Å². The summed E-state index contributed by atoms with van der Waals surface area (Å²) in [4.78, 5) is 35.8. The zero-order valence-electron chi connectivity index (χ0n) is 23.4. The Balaban J connectivity index is 1.50. The molecule has 0 spiro atoms. The number of amides is 1. The molecule has 0 aliphatic carbocycles. The number of pyridine rings is 1. The predicted octanol–water partition coefficient (Wildman–Crippen LogP) is 4.39. The van der Waals surface area contributed by atoms with E-state index in [1.54, 1.807) is 61.5 Å². The normalized spacial score (nSPS) is 12.3. The van der Waals surface area contributed by atoms with Crippen molar-refractivity contribution in [3.63, 3.8) is 0 Å². The minimum atomic E-state index is -3.73. The highest BCUT2D eigenvalue weighted by Crippen LogP contribution is 2.27. The summed E-state index contributed by atoms with van der Waals surface area (Å²) in [6, 6.07) is 21.9. The van der Waals surface area contributed by atoms with Gasteiger partial charge in [-0.3, -0.25) is 18.9 Å². The summed E-state index contributed by atoms with van der Waals surface area (Å²) in [5.74, 6) is -0.703. The lowest BCUT2D eigenvalue weighted by molar-refractivity contribution is 0.0934. The van der Waals surface area contributed by atoms with Gasteiger partial charge in [-0.05, 0) is 48.7 Å². The Kier molecular flexibility index (Phi) is 8.18. The molecule has 0 bridgehead atoms. The number of hydrogen-bond acceptors (Lipinski definition) is 7. The van der Waals surface area contributed by atoms with E-state index >= 15 is 0 Å². The standard InChI is InChI=1S/C30H28ClN7O4S/c1-18(25-16-20-10-8-14-23(31)26(20)30(40)38(25)22-12-5-4-6-13-22)34-29(39)27-28(32)33-17-24(35-27)19-9-7-11-21(15-19)36-43(41,42)37(2)3/h4-18,36H,1-3H3,(H2,32,33)(H,34,39). The van der Waals surface area contributed by atoms with Gasteiger partial charge in [0.15, 0.2) is 11.5 Å². The molecule has 220 valence electrons. The fourth-order valence-electron chi connectivity index (χ4n) is 4.53. The number of para-hydroxylation sites is 1. The van der Waals surface area contributed by atoms with Gasteiger partial charge in [-0.15, -0.1) is 0 Å². The van der Waals surface area contributed by atoms with Gasteiger partial charge in [0, 0.05) is 31.0 Å². The molecule has 13 heteroatoms. The van der Waals surface area contributed by atoms with E-state index in [4.69, 9.17) is 17.3 Å². The molecule has 2 heterocycles. The quantitative estimate of drug-likeness (QED) is 0.233. The Morgan fingerprint density at radius 2 is 1.74 bits per heavy atom. The fraction of sp³-hybridized carbons (Fsp3) is 0.133. The van der Waals surface area contributed by atoms with Crippen LogP contribution < -0.4 is 21.3 Å². The van der Waals surface area contributed by atoms with Gasteiger partial charge in [-0.2, -0.15) is 12.7 Å². The molecule has 0 fully saturated rings. The van der Waals surface area contributed by atoms with Crippen molar-refractivity contribution in [2.75, 3.05) is 24.6 Å². The molecule has 0 saturated heterocycles. The number of halogens is 1. The summed E-state index contributed by atoms with van der Waals surface area (Å²) < 4.78 is 29.6. The molecule has 3 aromatic carbocycles. The van der Waals surface area contributed by atoms with Crippen LogP contribution in [0.4, 0.5) is 11.5 Å². The number of hydrogen-bond donors (Lipinski definition) is 3. The number of aromatic nitrogens is 3. The Labute approximate surface area is 253 Å². The van der Waals surface area contributed by atoms with Gasteiger partial charge in [-0.1, -0.05) is 54.1 Å². The number of nitrogen functional groups attached to an aromatic ring is 1. The Morgan fingerprint density at radius 3 is 2.47 bits per heavy atom. The van der Waals surface area contributed by atoms with Crippen LogP contribution in [0.15, 0.2) is 89.9 Å². The molecule has 0 aliphatic rings. The van der Waals surface area contributed by atoms with E-state index in [1.165, 1.54) is 24.9 Å². The molecule has 0 radical (unpaired) electrons. The third-order valence-corrected chi connectivity index (χ3v) is 8.50. The highest BCUT2D eigenvalue weighted by atomic mass is 35.5. The molecule has 2 aromatic heterocycles. The molecule has 5 aromatic rings. The summed E-state index contributed by atoms with van der Waals surface area (Å²) in [5.41, 5.74) is 7.86. The van der Waals surface area contributed by atoms with Crippen molar-refractivity contribution >= 4 is 50.0 Å². The largest absolute Gasteiger partial charge is 0.382 e. The molecular weight excluding hydrogens is 590 g/mol. The first-order chi connectivity index (χ1) is 20.5. The SMILES string of the molecule is CC(NC(=O)c1nc(-c2cccc(NS(=O)(=O)N(C)C)c2)cnc1N)c1cc2cccc(Cl)c2c(=O)n1-c1ccccc1. The van der Waals surface area contributed by atoms with Crippen molar-refractivity contribution < 1.29 is 13.2 Å². The Bertz CT molecular complexity index is 2020. The van der Waals surface area contributed by atoms with E-state index < -0.39 is 22.2 Å². The monoisotopic (exact) mass is 617 g/mol. The molecule has 1 amide bonds. The van der Waals surface area contributed by atoms with Crippen LogP contribution in [0.25, 0.3) is 27.7 Å². The number of anilines is 2. The van der Waals surface area contributed by atoms with Crippen LogP contribution in [0.5, 0.6) is 0 Å². The van der Waals surface area contributed by atoms with Crippen LogP contribution in [-0.2, 0) is 10.2 Å². The van der Waals surface area contributed by atoms with E-state index in [9.17, 15) is 18.0 Å². The molecule has 1 unspecified atom stereocenters. The molecule has 5 rings (SSSR count). The average Bonchev–Trinajstić information content (AvgIpc) is 2.97. The number of nitrogens with one attached hydrogen (secondary N) is 2. The highest BCUT2D eigenvalue weighted by molar-refractivity contribution is 7.90. The average molecular weight is 618 g/mol. The molecule has 4 N–H and O–H groups in total. The number of carbonyl (C=O) groups is 1. The summed E-state index contributed by atoms with van der Waals surface area (Å²) in [6.07, 6.45) is 1.40. The number of nitrogens with two attached hydrogens (primary N) is 1. The van der Waals surface area contributed by atoms with Crippen molar-refractivity contribution in [1.82, 2.24) is 24.2 Å². The lowest BCUT2D eigenvalue weighted by Crippen LogP contribution is -2.33. The Morgan fingerprint density at radius 1 is 1.02 bits per heavy atom. The van der Waals surface area contributed by atoms with Crippen LogP contribution in [0, 0.1) is 0 Å². The summed E-state index contributed by atoms with van der Waals surface area (Å²) in [7, 11) is -0.905. The van der Waals surface area contributed by atoms with Gasteiger partial charge in [0.1, 0.15) is 0 Å². The minimum Gasteiger partial charge on any atom is -0.382 e. The molecular formula is C30H28ClN7O4S. The number of carbonyl (C=O) groups excluding carboxylic acids is 1. The second-order valence-corrected chi connectivity index (χ2v) is 12.2. The molecule has 0 aliphatic heterocycles. The second-order valence-electron chi connectivity index (χ2n) is 9.90. The van der Waals surface area contributed by atoms with Gasteiger partial charge in [0.05, 0.1) is 34.0 Å². The fourth-order valence-corrected chi connectivity index (χ4v) is 5.40. The molecule has 0 saturated carbocycles. The zero-order chi connectivity index (χ0) is 30.9. The van der Waals surface area contributed by atoms with Crippen molar-refractivity contribution in [1.29, 1.82) is 0 Å². The molecule has 11 nitrogen and oxygen atoms in total. The highest BCUT2D eigenvalue weighted by Gasteiger charge is 2.22. The van der Waals surface area contributed by atoms with E-state index in [2.05, 4.69) is 20.0 Å². The van der Waals surface area contributed by atoms with Crippen molar-refractivity contribution in [2.45, 2.75) is 13.0 Å². The van der Waals surface area contributed by atoms with E-state index in [1.807, 2.05) is 24.3 Å². The first-order valence-corrected chi connectivity index (χ1v) is 14.9. The number of fused-ring (bicyclic) bond motifs is 1. The lowest BCUT2D eigenvalue weighted by Gasteiger charge is -2.21. The minimum absolute atomic E-state index is 0.0938. The number of rotatable bonds is 8. The smallest absolute Gasteiger partial charge is 0.301 e. The van der Waals surface area contributed by atoms with E-state index in [-0.39, 0.29) is 17.1 Å². The van der Waals surface area contributed by atoms with Gasteiger partial charge in [0.2, 0.25) is 0 Å². The van der Waals surface area contributed by atoms with Crippen LogP contribution in [0.1, 0.15) is 29.1 Å². The van der Waals surface area contributed by atoms with E-state index in [0.717, 1.165) is 4.31 Å². The third-order valence-electron chi connectivity index (χ3n) is 6.73. The van der Waals surface area contributed by atoms with Crippen LogP contribution in [0.3, 0.4) is 0 Å². The third kappa shape index (κ3) is 6.07. The maximum absolute atomic E-state index is 13.7. The second kappa shape index (κ2) is 11.8. The number of benzene rings is 3. The Hall–Kier alpha value is -4.78. The van der Waals surface area contributed by atoms with Gasteiger partial charge in [0.25, 0.3) is 11.5 Å². The summed E-state index contributed by atoms with van der Waals surface area (Å²) in [6.45, 7) is 1.75. The van der Waals surface area contributed by atoms with E-state index in [0.29, 0.717) is 44.1 Å². The van der Waals surface area contributed by atoms with Gasteiger partial charge < -0.3 is 11.1 Å². The maximum atomic E-state index is 13.7. The van der Waals surface area contributed by atoms with Gasteiger partial charge >= 0.3 is 10.2 Å². The lowest BCUT2D eigenvalue weighted by atomic mass is 10.1. The first-order valence-electron chi connectivity index (χ1n) is 13.1. The van der Waals surface area contributed by atoms with Crippen molar-refractivity contribution in [3.05, 3.63) is 112 Å². The summed E-state index contributed by atoms with van der Waals surface area (Å²) >= 11 is 6.41. The van der Waals surface area contributed by atoms with Crippen LogP contribution in [-0.4, -0.2) is 47.3 Å². The molecule has 43 heavy (non-hydrogen) atoms. The topological polar surface area (TPSA) is 152 Å². The number of nitrogens with zero attached hydrogens (tertiary/aromatic N) is 4. The predicted molar refractivity (Wildman–Crippen MR) is 169 cm³/mol. The summed E-state index contributed by atoms with van der Waals surface area (Å²) in [5, 5.41) is 4.22. The van der Waals surface area contributed by atoms with Gasteiger partial charge in [-0.25, -0.2) is 9.97 Å².